The molecule has 1 aromatic heterocycles. The highest BCUT2D eigenvalue weighted by Crippen LogP contribution is 2.40. The third kappa shape index (κ3) is 10.2. The molecule has 0 aliphatic carbocycles. The molecule has 6 rings (SSSR count). The number of carboxylic acids is 1. The Kier molecular flexibility index (Phi) is 13.0. The molecule has 0 fully saturated rings. The standard InChI is InChI=1S/C45H38N6O10/c1-25-4-6-26(7-5-25)8-9-27-10-12-28(13-11-27)37(52)23-30(22-32-24-46-51-50-32)43(56)47-31-16-14-29(15-17-31)42(55)48-35-20-18-33(38(53)40(35)60-2)44(57)49-36-21-19-34(45(58)59)39(54)41(36)61-3/h4-7,10-21,24,30,53-54H,22-23H2,1-3H3,(H,47,56)(H,48,55)(H,49,57)(H,58,59)(H,46,50,51). The number of carboxylic acid groups (broad SMARTS) is 1. The quantitative estimate of drug-likeness (QED) is 0.0479. The summed E-state index contributed by atoms with van der Waals surface area (Å²) in [6.45, 7) is 2.00. The van der Waals surface area contributed by atoms with Crippen LogP contribution in [0.2, 0.25) is 0 Å². The lowest BCUT2D eigenvalue weighted by Gasteiger charge is -2.17. The second-order valence-corrected chi connectivity index (χ2v) is 13.5. The Labute approximate surface area is 348 Å². The average Bonchev–Trinajstić information content (AvgIpc) is 3.77. The Hall–Kier alpha value is -8.45. The number of aryl methyl sites for hydroxylation is 1. The van der Waals surface area contributed by atoms with Crippen molar-refractivity contribution in [1.82, 2.24) is 15.4 Å². The highest BCUT2D eigenvalue weighted by molar-refractivity contribution is 6.10. The van der Waals surface area contributed by atoms with Crippen LogP contribution in [-0.4, -0.2) is 74.4 Å². The van der Waals surface area contributed by atoms with Crippen LogP contribution in [0.5, 0.6) is 23.0 Å². The molecule has 16 heteroatoms. The summed E-state index contributed by atoms with van der Waals surface area (Å²) in [6.07, 6.45) is 1.48. The molecule has 5 aromatic carbocycles. The third-order valence-electron chi connectivity index (χ3n) is 9.39. The first kappa shape index (κ1) is 42.2. The van der Waals surface area contributed by atoms with E-state index in [0.29, 0.717) is 16.9 Å². The number of Topliss-reactive ketones (excluding diaryl/α,β-unsaturated/α-hetero) is 1. The molecule has 308 valence electrons. The number of hydrogen-bond donors (Lipinski definition) is 7. The van der Waals surface area contributed by atoms with E-state index >= 15 is 0 Å². The number of ketones is 1. The highest BCUT2D eigenvalue weighted by Gasteiger charge is 2.26. The minimum absolute atomic E-state index is 0.0187. The van der Waals surface area contributed by atoms with E-state index in [9.17, 15) is 39.3 Å². The molecule has 3 amide bonds. The number of aromatic carboxylic acids is 1. The molecule has 0 aliphatic heterocycles. The maximum Gasteiger partial charge on any atom is 0.339 e. The number of H-pyrrole nitrogens is 1. The molecule has 7 N–H and O–H groups in total. The zero-order chi connectivity index (χ0) is 43.6. The SMILES string of the molecule is COc1c(NC(=O)c2ccc(NC(=O)c3ccc(NC(=O)C(CC(=O)c4ccc(C#Cc5ccc(C)cc5)cc4)Cc4cn[nH]n4)cc3)c(OC)c2O)ccc(C(=O)O)c1O. The van der Waals surface area contributed by atoms with E-state index in [-0.39, 0.29) is 52.6 Å². The summed E-state index contributed by atoms with van der Waals surface area (Å²) in [7, 11) is 2.39. The number of carbonyl (C=O) groups excluding carboxylic acids is 4. The summed E-state index contributed by atoms with van der Waals surface area (Å²) in [6, 6.07) is 25.5. The predicted molar refractivity (Wildman–Crippen MR) is 223 cm³/mol. The van der Waals surface area contributed by atoms with Crippen molar-refractivity contribution in [2.75, 3.05) is 30.2 Å². The Bertz CT molecular complexity index is 2670. The van der Waals surface area contributed by atoms with Gasteiger partial charge in [-0.2, -0.15) is 15.4 Å². The van der Waals surface area contributed by atoms with Gasteiger partial charge in [-0.15, -0.1) is 0 Å². The minimum Gasteiger partial charge on any atom is -0.504 e. The van der Waals surface area contributed by atoms with Crippen molar-refractivity contribution in [3.8, 4) is 34.8 Å². The molecule has 0 saturated heterocycles. The van der Waals surface area contributed by atoms with Gasteiger partial charge in [-0.1, -0.05) is 41.7 Å². The van der Waals surface area contributed by atoms with E-state index in [4.69, 9.17) is 9.47 Å². The number of nitrogens with one attached hydrogen (secondary N) is 4. The van der Waals surface area contributed by atoms with Gasteiger partial charge in [0, 0.05) is 40.8 Å². The number of amides is 3. The molecule has 61 heavy (non-hydrogen) atoms. The van der Waals surface area contributed by atoms with Crippen LogP contribution in [0.3, 0.4) is 0 Å². The molecular weight excluding hydrogens is 785 g/mol. The Morgan fingerprint density at radius 1 is 0.689 bits per heavy atom. The van der Waals surface area contributed by atoms with E-state index in [1.165, 1.54) is 62.9 Å². The molecule has 1 heterocycles. The number of phenols is 2. The number of ether oxygens (including phenoxy) is 2. The maximum atomic E-state index is 13.6. The van der Waals surface area contributed by atoms with Crippen molar-refractivity contribution in [1.29, 1.82) is 0 Å². The number of aromatic nitrogens is 3. The summed E-state index contributed by atoms with van der Waals surface area (Å²) in [5, 5.41) is 48.8. The summed E-state index contributed by atoms with van der Waals surface area (Å²) in [5.41, 5.74) is 3.38. The summed E-state index contributed by atoms with van der Waals surface area (Å²) >= 11 is 0. The molecule has 0 aliphatic rings. The van der Waals surface area contributed by atoms with Gasteiger partial charge in [-0.3, -0.25) is 19.2 Å². The van der Waals surface area contributed by atoms with Gasteiger partial charge in [0.1, 0.15) is 5.56 Å². The van der Waals surface area contributed by atoms with Gasteiger partial charge in [0.2, 0.25) is 5.91 Å². The van der Waals surface area contributed by atoms with Crippen LogP contribution in [0.15, 0.2) is 103 Å². The van der Waals surface area contributed by atoms with Gasteiger partial charge in [0.05, 0.1) is 49.0 Å². The number of benzene rings is 5. The average molecular weight is 823 g/mol. The number of anilines is 3. The second kappa shape index (κ2) is 18.9. The molecule has 0 saturated carbocycles. The van der Waals surface area contributed by atoms with E-state index in [1.54, 1.807) is 24.3 Å². The van der Waals surface area contributed by atoms with Crippen LogP contribution in [0.4, 0.5) is 17.1 Å². The van der Waals surface area contributed by atoms with E-state index in [1.807, 2.05) is 31.2 Å². The minimum atomic E-state index is -1.41. The van der Waals surface area contributed by atoms with Crippen LogP contribution in [0.25, 0.3) is 0 Å². The lowest BCUT2D eigenvalue weighted by Crippen LogP contribution is -2.27. The number of nitrogens with zero attached hydrogens (tertiary/aromatic N) is 2. The van der Waals surface area contributed by atoms with Gasteiger partial charge in [0.15, 0.2) is 28.8 Å². The fraction of sp³-hybridized carbons (Fsp3) is 0.133. The lowest BCUT2D eigenvalue weighted by atomic mass is 9.93. The topological polar surface area (TPSA) is 242 Å². The fourth-order valence-electron chi connectivity index (χ4n) is 6.14. The van der Waals surface area contributed by atoms with E-state index < -0.39 is 46.7 Å². The molecule has 16 nitrogen and oxygen atoms in total. The molecule has 1 atom stereocenters. The normalized spacial score (nSPS) is 11.0. The Balaban J connectivity index is 1.10. The van der Waals surface area contributed by atoms with Crippen LogP contribution in [-0.2, 0) is 11.2 Å². The number of hydrogen-bond acceptors (Lipinski definition) is 11. The highest BCUT2D eigenvalue weighted by atomic mass is 16.5. The summed E-state index contributed by atoms with van der Waals surface area (Å²) < 4.78 is 10.4. The number of carbonyl (C=O) groups is 5. The second-order valence-electron chi connectivity index (χ2n) is 13.5. The Morgan fingerprint density at radius 3 is 1.79 bits per heavy atom. The van der Waals surface area contributed by atoms with Crippen LogP contribution >= 0.6 is 0 Å². The molecule has 0 radical (unpaired) electrons. The summed E-state index contributed by atoms with van der Waals surface area (Å²) in [4.78, 5) is 64.8. The number of aromatic hydroxyl groups is 2. The molecule has 6 aromatic rings. The zero-order valence-corrected chi connectivity index (χ0v) is 32.9. The van der Waals surface area contributed by atoms with E-state index in [2.05, 4.69) is 43.2 Å². The van der Waals surface area contributed by atoms with Gasteiger partial charge < -0.3 is 40.7 Å². The predicted octanol–water partition coefficient (Wildman–Crippen LogP) is 6.21. The zero-order valence-electron chi connectivity index (χ0n) is 32.9. The molecule has 0 bridgehead atoms. The first-order valence-electron chi connectivity index (χ1n) is 18.5. The van der Waals surface area contributed by atoms with Crippen molar-refractivity contribution in [2.45, 2.75) is 19.8 Å². The van der Waals surface area contributed by atoms with Gasteiger partial charge >= 0.3 is 5.97 Å². The Morgan fingerprint density at radius 2 is 1.23 bits per heavy atom. The largest absolute Gasteiger partial charge is 0.504 e. The van der Waals surface area contributed by atoms with Gasteiger partial charge in [-0.05, 0) is 79.7 Å². The smallest absolute Gasteiger partial charge is 0.339 e. The van der Waals surface area contributed by atoms with E-state index in [0.717, 1.165) is 22.8 Å². The molecular formula is C45H38N6O10. The lowest BCUT2D eigenvalue weighted by molar-refractivity contribution is -0.119. The van der Waals surface area contributed by atoms with Crippen LogP contribution in [0.1, 0.15) is 70.2 Å². The number of rotatable bonds is 14. The number of methoxy groups -OCH3 is 2. The number of phenolic OH excluding ortho intramolecular Hbond substituents is 1. The van der Waals surface area contributed by atoms with Crippen LogP contribution < -0.4 is 25.4 Å². The van der Waals surface area contributed by atoms with Crippen molar-refractivity contribution in [3.63, 3.8) is 0 Å². The number of aromatic amines is 1. The van der Waals surface area contributed by atoms with Crippen LogP contribution in [0, 0.1) is 24.7 Å². The third-order valence-corrected chi connectivity index (χ3v) is 9.39. The van der Waals surface area contributed by atoms with Gasteiger partial charge in [0.25, 0.3) is 11.8 Å². The van der Waals surface area contributed by atoms with Gasteiger partial charge in [-0.25, -0.2) is 4.79 Å². The molecule has 0 spiro atoms. The maximum absolute atomic E-state index is 13.6. The van der Waals surface area contributed by atoms with Crippen molar-refractivity contribution in [2.24, 2.45) is 5.92 Å². The first-order chi connectivity index (χ1) is 29.3. The molecule has 1 unspecified atom stereocenters. The fourth-order valence-corrected chi connectivity index (χ4v) is 6.14. The first-order valence-corrected chi connectivity index (χ1v) is 18.5. The monoisotopic (exact) mass is 822 g/mol. The van der Waals surface area contributed by atoms with Crippen molar-refractivity contribution < 1.29 is 48.8 Å². The van der Waals surface area contributed by atoms with Crippen molar-refractivity contribution >= 4 is 46.5 Å². The van der Waals surface area contributed by atoms with Crippen molar-refractivity contribution in [3.05, 3.63) is 148 Å². The summed E-state index contributed by atoms with van der Waals surface area (Å²) in [5.74, 6) is -0.107.